The third-order valence-electron chi connectivity index (χ3n) is 4.81. The van der Waals surface area contributed by atoms with Crippen LogP contribution in [0.3, 0.4) is 0 Å². The van der Waals surface area contributed by atoms with E-state index in [0.29, 0.717) is 0 Å². The van der Waals surface area contributed by atoms with Crippen LogP contribution in [0.25, 0.3) is 0 Å². The highest BCUT2D eigenvalue weighted by atomic mass is 16.3. The molecule has 3 nitrogen and oxygen atoms in total. The number of β-amino-alcohol motifs (C(OH)–C–C–N with tert-alkyl or cyclic N) is 1. The smallest absolute Gasteiger partial charge is 0.0991 e. The first kappa shape index (κ1) is 21.2. The van der Waals surface area contributed by atoms with Crippen molar-refractivity contribution >= 4 is 5.84 Å². The number of aliphatic hydroxyl groups excluding tert-OH is 1. The van der Waals surface area contributed by atoms with Crippen LogP contribution in [-0.4, -0.2) is 42.1 Å². The van der Waals surface area contributed by atoms with Gasteiger partial charge >= 0.3 is 0 Å². The highest BCUT2D eigenvalue weighted by molar-refractivity contribution is 5.83. The summed E-state index contributed by atoms with van der Waals surface area (Å²) in [6.45, 7) is 5.18. The maximum Gasteiger partial charge on any atom is 0.0991 e. The predicted molar refractivity (Wildman–Crippen MR) is 106 cm³/mol. The van der Waals surface area contributed by atoms with Gasteiger partial charge in [-0.05, 0) is 32.1 Å². The highest BCUT2D eigenvalue weighted by Crippen LogP contribution is 2.13. The Kier molecular flexibility index (Phi) is 13.9. The van der Waals surface area contributed by atoms with Gasteiger partial charge in [-0.25, -0.2) is 0 Å². The quantitative estimate of drug-likeness (QED) is 0.305. The van der Waals surface area contributed by atoms with Crippen molar-refractivity contribution in [1.82, 2.24) is 4.90 Å². The number of unbranched alkanes of at least 4 members (excludes halogenated alkanes) is 10. The molecule has 3 heteroatoms. The maximum absolute atomic E-state index is 9.04. The second-order valence-electron chi connectivity index (χ2n) is 6.99. The number of nitrogens with zero attached hydrogens (tertiary/aromatic N) is 2. The zero-order chi connectivity index (χ0) is 17.3. The minimum Gasteiger partial charge on any atom is -0.395 e. The van der Waals surface area contributed by atoms with Gasteiger partial charge in [0.25, 0.3) is 0 Å². The van der Waals surface area contributed by atoms with E-state index in [-0.39, 0.29) is 6.61 Å². The van der Waals surface area contributed by atoms with Crippen molar-refractivity contribution in [2.45, 2.75) is 90.4 Å². The first-order chi connectivity index (χ1) is 11.9. The molecule has 1 rings (SSSR count). The van der Waals surface area contributed by atoms with Gasteiger partial charge in [0.05, 0.1) is 19.0 Å². The summed E-state index contributed by atoms with van der Waals surface area (Å²) in [4.78, 5) is 6.81. The van der Waals surface area contributed by atoms with E-state index >= 15 is 0 Å². The Bertz CT molecular complexity index is 339. The third kappa shape index (κ3) is 10.9. The number of hydrogen-bond acceptors (Lipinski definition) is 3. The standard InChI is InChI=1S/C21H40N2O/c1-2-3-4-5-6-7-8-9-10-11-12-13-14-15-16-21-22-17-18-23(21)19-20-24/h6-7,24H,2-5,8-20H2,1H3/b7-6+. The fourth-order valence-corrected chi connectivity index (χ4v) is 3.30. The Morgan fingerprint density at radius 3 is 2.21 bits per heavy atom. The van der Waals surface area contributed by atoms with E-state index in [1.807, 2.05) is 0 Å². The molecule has 1 N–H and O–H groups in total. The van der Waals surface area contributed by atoms with Gasteiger partial charge in [0, 0.05) is 19.5 Å². The van der Waals surface area contributed by atoms with Crippen LogP contribution in [-0.2, 0) is 0 Å². The summed E-state index contributed by atoms with van der Waals surface area (Å²) in [5.41, 5.74) is 0. The van der Waals surface area contributed by atoms with Crippen LogP contribution in [0.4, 0.5) is 0 Å². The van der Waals surface area contributed by atoms with Gasteiger partial charge in [0.2, 0.25) is 0 Å². The molecule has 0 aromatic heterocycles. The van der Waals surface area contributed by atoms with Gasteiger partial charge in [0.15, 0.2) is 0 Å². The van der Waals surface area contributed by atoms with E-state index in [4.69, 9.17) is 5.11 Å². The molecule has 0 radical (unpaired) electrons. The van der Waals surface area contributed by atoms with E-state index in [1.54, 1.807) is 0 Å². The average molecular weight is 337 g/mol. The fraction of sp³-hybridized carbons (Fsp3) is 0.857. The molecule has 0 amide bonds. The Hall–Kier alpha value is -0.830. The summed E-state index contributed by atoms with van der Waals surface area (Å²) in [7, 11) is 0. The molecule has 0 fully saturated rings. The Balaban J connectivity index is 1.82. The van der Waals surface area contributed by atoms with Crippen molar-refractivity contribution in [3.8, 4) is 0 Å². The van der Waals surface area contributed by atoms with E-state index < -0.39 is 0 Å². The second kappa shape index (κ2) is 15.7. The molecule has 0 unspecified atom stereocenters. The molecule has 24 heavy (non-hydrogen) atoms. The molecular formula is C21H40N2O. The molecule has 0 aliphatic carbocycles. The SMILES string of the molecule is CCCCC/C=C/CCCCCCCCCC1=NCCN1CCO. The van der Waals surface area contributed by atoms with E-state index in [9.17, 15) is 0 Å². The Morgan fingerprint density at radius 2 is 1.54 bits per heavy atom. The lowest BCUT2D eigenvalue weighted by atomic mass is 10.1. The van der Waals surface area contributed by atoms with Gasteiger partial charge in [-0.1, -0.05) is 64.0 Å². The molecule has 1 aliphatic heterocycles. The van der Waals surface area contributed by atoms with Gasteiger partial charge in [-0.2, -0.15) is 0 Å². The van der Waals surface area contributed by atoms with Crippen LogP contribution in [0.15, 0.2) is 17.1 Å². The average Bonchev–Trinajstić information content (AvgIpc) is 3.03. The largest absolute Gasteiger partial charge is 0.395 e. The Morgan fingerprint density at radius 1 is 0.917 bits per heavy atom. The summed E-state index contributed by atoms with van der Waals surface area (Å²) in [6, 6.07) is 0. The minimum atomic E-state index is 0.243. The summed E-state index contributed by atoms with van der Waals surface area (Å²) >= 11 is 0. The van der Waals surface area contributed by atoms with Crippen molar-refractivity contribution in [1.29, 1.82) is 0 Å². The monoisotopic (exact) mass is 336 g/mol. The first-order valence-corrected chi connectivity index (χ1v) is 10.4. The van der Waals surface area contributed by atoms with Gasteiger partial charge in [-0.3, -0.25) is 4.99 Å². The number of amidine groups is 1. The number of aliphatic imine (C=N–C) groups is 1. The van der Waals surface area contributed by atoms with Crippen molar-refractivity contribution in [2.75, 3.05) is 26.2 Å². The predicted octanol–water partition coefficient (Wildman–Crippen LogP) is 5.34. The molecule has 0 aromatic rings. The lowest BCUT2D eigenvalue weighted by Gasteiger charge is -2.18. The van der Waals surface area contributed by atoms with Crippen LogP contribution >= 0.6 is 0 Å². The summed E-state index contributed by atoms with van der Waals surface area (Å²) in [6.07, 6.45) is 21.9. The summed E-state index contributed by atoms with van der Waals surface area (Å²) < 4.78 is 0. The molecule has 0 atom stereocenters. The maximum atomic E-state index is 9.04. The van der Waals surface area contributed by atoms with E-state index in [0.717, 1.165) is 26.1 Å². The number of rotatable bonds is 16. The minimum absolute atomic E-state index is 0.243. The zero-order valence-electron chi connectivity index (χ0n) is 16.0. The van der Waals surface area contributed by atoms with Crippen LogP contribution in [0.2, 0.25) is 0 Å². The third-order valence-corrected chi connectivity index (χ3v) is 4.81. The van der Waals surface area contributed by atoms with Crippen LogP contribution < -0.4 is 0 Å². The zero-order valence-corrected chi connectivity index (χ0v) is 16.0. The van der Waals surface area contributed by atoms with Crippen LogP contribution in [0.5, 0.6) is 0 Å². The normalized spacial score (nSPS) is 14.8. The lowest BCUT2D eigenvalue weighted by molar-refractivity contribution is 0.255. The second-order valence-corrected chi connectivity index (χ2v) is 6.99. The molecule has 140 valence electrons. The van der Waals surface area contributed by atoms with E-state index in [1.165, 1.54) is 82.9 Å². The molecule has 0 spiro atoms. The fourth-order valence-electron chi connectivity index (χ4n) is 3.30. The highest BCUT2D eigenvalue weighted by Gasteiger charge is 2.14. The molecule has 1 heterocycles. The van der Waals surface area contributed by atoms with Gasteiger partial charge in [0.1, 0.15) is 0 Å². The van der Waals surface area contributed by atoms with Crippen molar-refractivity contribution in [3.63, 3.8) is 0 Å². The van der Waals surface area contributed by atoms with Gasteiger partial charge in [-0.15, -0.1) is 0 Å². The number of hydrogen-bond donors (Lipinski definition) is 1. The van der Waals surface area contributed by atoms with Crippen molar-refractivity contribution < 1.29 is 5.11 Å². The molecular weight excluding hydrogens is 296 g/mol. The first-order valence-electron chi connectivity index (χ1n) is 10.4. The molecule has 0 aromatic carbocycles. The molecule has 0 bridgehead atoms. The molecule has 0 saturated carbocycles. The summed E-state index contributed by atoms with van der Waals surface area (Å²) in [5.74, 6) is 1.23. The van der Waals surface area contributed by atoms with Crippen molar-refractivity contribution in [3.05, 3.63) is 12.2 Å². The number of allylic oxidation sites excluding steroid dienone is 2. The Labute approximate surface area is 150 Å². The number of aliphatic hydroxyl groups is 1. The topological polar surface area (TPSA) is 35.8 Å². The van der Waals surface area contributed by atoms with E-state index in [2.05, 4.69) is 29.0 Å². The molecule has 0 saturated heterocycles. The summed E-state index contributed by atoms with van der Waals surface area (Å²) in [5, 5.41) is 9.04. The van der Waals surface area contributed by atoms with Crippen molar-refractivity contribution in [2.24, 2.45) is 4.99 Å². The van der Waals surface area contributed by atoms with Gasteiger partial charge < -0.3 is 10.0 Å². The molecule has 1 aliphatic rings. The van der Waals surface area contributed by atoms with Crippen LogP contribution in [0, 0.1) is 0 Å². The van der Waals surface area contributed by atoms with Crippen LogP contribution in [0.1, 0.15) is 90.4 Å². The lowest BCUT2D eigenvalue weighted by Crippen LogP contribution is -2.30.